The van der Waals surface area contributed by atoms with Crippen LogP contribution in [0.1, 0.15) is 52.4 Å². The third-order valence-corrected chi connectivity index (χ3v) is 11.9. The molecule has 0 spiro atoms. The molecule has 0 aliphatic heterocycles. The van der Waals surface area contributed by atoms with Crippen LogP contribution >= 0.6 is 0 Å². The Morgan fingerprint density at radius 3 is 1.59 bits per heavy atom. The molecular weight excluding hydrogens is 705 g/mol. The first-order chi connectivity index (χ1) is 27.3. The van der Waals surface area contributed by atoms with Gasteiger partial charge in [-0.25, -0.2) is 9.97 Å². The Morgan fingerprint density at radius 1 is 0.643 bits per heavy atom. The molecular formula is C44H48N8O4. The number of aromatic nitrogens is 8. The van der Waals surface area contributed by atoms with Gasteiger partial charge in [-0.1, -0.05) is 12.8 Å². The molecule has 288 valence electrons. The number of imidazole rings is 2. The Bertz CT molecular complexity index is 2840. The fraction of sp³-hybridized carbons (Fsp3) is 0.364. The minimum atomic E-state index is -0.0305. The molecule has 2 N–H and O–H groups in total. The van der Waals surface area contributed by atoms with E-state index in [1.54, 1.807) is 23.2 Å². The van der Waals surface area contributed by atoms with Gasteiger partial charge in [-0.3, -0.25) is 9.59 Å². The van der Waals surface area contributed by atoms with Gasteiger partial charge in [-0.15, -0.1) is 0 Å². The van der Waals surface area contributed by atoms with Gasteiger partial charge in [0.2, 0.25) is 0 Å². The molecule has 0 saturated heterocycles. The molecule has 6 heterocycles. The van der Waals surface area contributed by atoms with Crippen LogP contribution in [0.25, 0.3) is 66.1 Å². The number of aromatic amines is 2. The lowest BCUT2D eigenvalue weighted by Gasteiger charge is -2.26. The lowest BCUT2D eigenvalue weighted by molar-refractivity contribution is 0.181. The topological polar surface area (TPSA) is 130 Å². The number of hydrogen-bond acceptors (Lipinski definition) is 6. The van der Waals surface area contributed by atoms with Crippen molar-refractivity contribution in [2.45, 2.75) is 65.5 Å². The van der Waals surface area contributed by atoms with E-state index in [-0.39, 0.29) is 11.1 Å². The molecule has 2 fully saturated rings. The molecule has 2 aromatic carbocycles. The minimum absolute atomic E-state index is 0.0274. The molecule has 0 radical (unpaired) electrons. The summed E-state index contributed by atoms with van der Waals surface area (Å²) in [5.74, 6) is 2.98. The summed E-state index contributed by atoms with van der Waals surface area (Å²) in [6.45, 7) is 7.40. The normalized spacial score (nSPS) is 14.6. The van der Waals surface area contributed by atoms with Crippen LogP contribution in [0.3, 0.4) is 0 Å². The number of hydrogen-bond donors (Lipinski definition) is 2. The van der Waals surface area contributed by atoms with E-state index in [0.29, 0.717) is 22.9 Å². The predicted molar refractivity (Wildman–Crippen MR) is 222 cm³/mol. The Hall–Kier alpha value is -6.04. The van der Waals surface area contributed by atoms with Crippen LogP contribution in [-0.2, 0) is 27.2 Å². The summed E-state index contributed by atoms with van der Waals surface area (Å²) in [4.78, 5) is 40.2. The van der Waals surface area contributed by atoms with Crippen LogP contribution in [-0.4, -0.2) is 51.4 Å². The third kappa shape index (κ3) is 6.26. The second kappa shape index (κ2) is 14.6. The fourth-order valence-electron chi connectivity index (χ4n) is 8.04. The van der Waals surface area contributed by atoms with Crippen LogP contribution in [0.4, 0.5) is 0 Å². The first-order valence-electron chi connectivity index (χ1n) is 19.9. The summed E-state index contributed by atoms with van der Waals surface area (Å²) in [5.41, 5.74) is 9.15. The second-order valence-corrected chi connectivity index (χ2v) is 15.4. The first-order valence-corrected chi connectivity index (χ1v) is 19.9. The maximum Gasteiger partial charge on any atom is 0.274 e. The van der Waals surface area contributed by atoms with Crippen LogP contribution < -0.4 is 20.6 Å². The molecule has 0 atom stereocenters. The van der Waals surface area contributed by atoms with Gasteiger partial charge >= 0.3 is 0 Å². The Kier molecular flexibility index (Phi) is 9.27. The molecule has 12 heteroatoms. The van der Waals surface area contributed by atoms with Crippen LogP contribution in [0, 0.1) is 11.8 Å². The van der Waals surface area contributed by atoms with E-state index in [9.17, 15) is 9.59 Å². The van der Waals surface area contributed by atoms with Crippen molar-refractivity contribution in [3.63, 3.8) is 0 Å². The van der Waals surface area contributed by atoms with Crippen LogP contribution in [0.2, 0.25) is 0 Å². The van der Waals surface area contributed by atoms with Crippen molar-refractivity contribution in [2.24, 2.45) is 25.9 Å². The summed E-state index contributed by atoms with van der Waals surface area (Å²) in [6.07, 6.45) is 18.7. The van der Waals surface area contributed by atoms with E-state index in [1.165, 1.54) is 38.5 Å². The van der Waals surface area contributed by atoms with Crippen molar-refractivity contribution in [1.29, 1.82) is 0 Å². The van der Waals surface area contributed by atoms with E-state index in [4.69, 9.17) is 9.47 Å². The van der Waals surface area contributed by atoms with E-state index < -0.39 is 0 Å². The molecule has 6 aromatic heterocycles. The zero-order chi connectivity index (χ0) is 38.5. The standard InChI is InChI=1S/2C22H24N4O2/c1-3-26-13-24-18-10-20(28-12-14-5-4-6-14)16(9-19(18)26)17-11-25(2)22(27)21-15(17)7-8-23-21;1-3-26-13-24-18-9-16(20(10-19(18)26)28-12-14-5-4-6-14)17-11-25(2)22(27)21-15(17)7-8-23-21/h2*7-11,13-14,23H,3-6,12H2,1-2H3. The van der Waals surface area contributed by atoms with E-state index >= 15 is 0 Å². The lowest BCUT2D eigenvalue weighted by Crippen LogP contribution is -2.19. The average Bonchev–Trinajstić information content (AvgIpc) is 3.99. The highest BCUT2D eigenvalue weighted by molar-refractivity contribution is 5.99. The number of fused-ring (bicyclic) bond motifs is 4. The molecule has 10 rings (SSSR count). The van der Waals surface area contributed by atoms with Crippen molar-refractivity contribution in [2.75, 3.05) is 13.2 Å². The first kappa shape index (κ1) is 35.6. The number of pyridine rings is 2. The number of rotatable bonds is 10. The third-order valence-electron chi connectivity index (χ3n) is 11.9. The van der Waals surface area contributed by atoms with E-state index in [2.05, 4.69) is 61.1 Å². The second-order valence-electron chi connectivity index (χ2n) is 15.4. The summed E-state index contributed by atoms with van der Waals surface area (Å²) in [6, 6.07) is 12.3. The van der Waals surface area contributed by atoms with Crippen molar-refractivity contribution in [3.8, 4) is 33.8 Å². The van der Waals surface area contributed by atoms with Gasteiger partial charge in [0.15, 0.2) is 0 Å². The largest absolute Gasteiger partial charge is 0.493 e. The quantitative estimate of drug-likeness (QED) is 0.145. The monoisotopic (exact) mass is 752 g/mol. The molecule has 2 saturated carbocycles. The number of benzene rings is 2. The molecule has 0 unspecified atom stereocenters. The maximum atomic E-state index is 12.5. The molecule has 0 bridgehead atoms. The highest BCUT2D eigenvalue weighted by atomic mass is 16.5. The Labute approximate surface area is 323 Å². The summed E-state index contributed by atoms with van der Waals surface area (Å²) in [7, 11) is 3.57. The summed E-state index contributed by atoms with van der Waals surface area (Å²) < 4.78 is 20.1. The van der Waals surface area contributed by atoms with E-state index in [1.807, 2.05) is 55.6 Å². The van der Waals surface area contributed by atoms with Gasteiger partial charge in [0.25, 0.3) is 11.1 Å². The predicted octanol–water partition coefficient (Wildman–Crippen LogP) is 8.16. The van der Waals surface area contributed by atoms with Crippen LogP contribution in [0.15, 0.2) is 83.4 Å². The number of nitrogens with one attached hydrogen (secondary N) is 2. The Balaban J connectivity index is 0.000000146. The van der Waals surface area contributed by atoms with Crippen molar-refractivity contribution < 1.29 is 9.47 Å². The highest BCUT2D eigenvalue weighted by Crippen LogP contribution is 2.40. The van der Waals surface area contributed by atoms with Gasteiger partial charge in [0, 0.05) is 97.1 Å². The number of aryl methyl sites for hydroxylation is 4. The molecule has 0 amide bonds. The van der Waals surface area contributed by atoms with Crippen molar-refractivity contribution in [3.05, 3.63) is 94.5 Å². The number of ether oxygens (including phenoxy) is 2. The summed E-state index contributed by atoms with van der Waals surface area (Å²) in [5, 5.41) is 1.82. The molecule has 2 aliphatic carbocycles. The van der Waals surface area contributed by atoms with Gasteiger partial charge in [-0.05, 0) is 75.6 Å². The average molecular weight is 753 g/mol. The molecule has 8 aromatic rings. The van der Waals surface area contributed by atoms with Gasteiger partial charge in [0.1, 0.15) is 22.5 Å². The summed E-state index contributed by atoms with van der Waals surface area (Å²) >= 11 is 0. The van der Waals surface area contributed by atoms with Crippen molar-refractivity contribution >= 4 is 43.9 Å². The molecule has 56 heavy (non-hydrogen) atoms. The fourth-order valence-corrected chi connectivity index (χ4v) is 8.04. The maximum absolute atomic E-state index is 12.5. The lowest BCUT2D eigenvalue weighted by atomic mass is 9.86. The Morgan fingerprint density at radius 2 is 1.11 bits per heavy atom. The SMILES string of the molecule is CCn1cnc2cc(-c3cn(C)c(=O)c4[nH]ccc34)c(OCC3CCC3)cc21.CCn1cnc2cc(OCC3CCC3)c(-c3cn(C)c(=O)c4[nH]ccc34)cc21. The van der Waals surface area contributed by atoms with Crippen LogP contribution in [0.5, 0.6) is 11.5 Å². The van der Waals surface area contributed by atoms with Gasteiger partial charge in [-0.2, -0.15) is 0 Å². The van der Waals surface area contributed by atoms with Gasteiger partial charge in [0.05, 0.1) is 47.9 Å². The molecule has 12 nitrogen and oxygen atoms in total. The zero-order valence-electron chi connectivity index (χ0n) is 32.5. The van der Waals surface area contributed by atoms with Gasteiger partial charge < -0.3 is 37.7 Å². The minimum Gasteiger partial charge on any atom is -0.493 e. The van der Waals surface area contributed by atoms with E-state index in [0.717, 1.165) is 92.9 Å². The highest BCUT2D eigenvalue weighted by Gasteiger charge is 2.23. The smallest absolute Gasteiger partial charge is 0.274 e. The zero-order valence-corrected chi connectivity index (χ0v) is 32.5. The number of H-pyrrole nitrogens is 2. The molecule has 2 aliphatic rings. The van der Waals surface area contributed by atoms with Crippen molar-refractivity contribution in [1.82, 2.24) is 38.2 Å². The number of nitrogens with zero attached hydrogens (tertiary/aromatic N) is 6.